The number of para-hydroxylation sites is 1. The van der Waals surface area contributed by atoms with Gasteiger partial charge < -0.3 is 4.57 Å². The Labute approximate surface area is 315 Å². The van der Waals surface area contributed by atoms with Crippen molar-refractivity contribution >= 4 is 64.1 Å². The summed E-state index contributed by atoms with van der Waals surface area (Å²) in [7, 11) is 0. The van der Waals surface area contributed by atoms with Gasteiger partial charge in [-0.15, -0.1) is 11.3 Å². The first-order valence-electron chi connectivity index (χ1n) is 18.1. The van der Waals surface area contributed by atoms with E-state index in [4.69, 9.17) is 15.0 Å². The molecule has 0 amide bonds. The Morgan fingerprint density at radius 2 is 0.926 bits per heavy atom. The highest BCUT2D eigenvalue weighted by atomic mass is 32.1. The lowest BCUT2D eigenvalue weighted by Gasteiger charge is -2.12. The van der Waals surface area contributed by atoms with Crippen molar-refractivity contribution in [3.8, 4) is 51.0 Å². The van der Waals surface area contributed by atoms with Gasteiger partial charge in [-0.2, -0.15) is 0 Å². The van der Waals surface area contributed by atoms with Gasteiger partial charge in [0.25, 0.3) is 0 Å². The third-order valence-corrected chi connectivity index (χ3v) is 11.6. The third-order valence-electron chi connectivity index (χ3n) is 10.4. The molecule has 54 heavy (non-hydrogen) atoms. The number of hydrogen-bond donors (Lipinski definition) is 0. The number of thiophene rings is 1. The van der Waals surface area contributed by atoms with Gasteiger partial charge in [0.15, 0.2) is 17.5 Å². The van der Waals surface area contributed by atoms with Gasteiger partial charge in [0.2, 0.25) is 0 Å². The van der Waals surface area contributed by atoms with Crippen molar-refractivity contribution in [1.82, 2.24) is 19.5 Å². The lowest BCUT2D eigenvalue weighted by atomic mass is 10.0. The summed E-state index contributed by atoms with van der Waals surface area (Å²) in [4.78, 5) is 15.1. The molecule has 5 heteroatoms. The Hall–Kier alpha value is -6.95. The standard InChI is InChI=1S/C49H30N4S/c1-2-11-32(12-3-1)47-50-48(52-49(51-47)37-25-26-41-40-18-7-9-20-45(40)54-46(41)30-37)33-23-21-31(22-24-33)34-15-10-16-38(27-34)53-43-19-8-6-17-39(43)42-28-35-13-4-5-14-36(35)29-44(42)53/h1-30H. The van der Waals surface area contributed by atoms with Crippen molar-refractivity contribution in [3.05, 3.63) is 182 Å². The molecule has 3 aromatic heterocycles. The van der Waals surface area contributed by atoms with Crippen LogP contribution in [0.15, 0.2) is 182 Å². The van der Waals surface area contributed by atoms with E-state index in [1.54, 1.807) is 11.3 Å². The molecule has 0 atom stereocenters. The summed E-state index contributed by atoms with van der Waals surface area (Å²) in [6.45, 7) is 0. The average molecular weight is 707 g/mol. The molecule has 0 spiro atoms. The van der Waals surface area contributed by atoms with Crippen LogP contribution in [0.2, 0.25) is 0 Å². The molecule has 8 aromatic carbocycles. The summed E-state index contributed by atoms with van der Waals surface area (Å²) in [5, 5.41) is 7.53. The first-order chi connectivity index (χ1) is 26.7. The van der Waals surface area contributed by atoms with E-state index in [0.29, 0.717) is 17.5 Å². The van der Waals surface area contributed by atoms with Crippen molar-refractivity contribution in [2.24, 2.45) is 0 Å². The second-order valence-electron chi connectivity index (χ2n) is 13.7. The molecular formula is C49H30N4S. The predicted octanol–water partition coefficient (Wildman–Crippen LogP) is 13.2. The molecule has 252 valence electrons. The molecule has 0 saturated carbocycles. The third kappa shape index (κ3) is 5.09. The summed E-state index contributed by atoms with van der Waals surface area (Å²) in [5.74, 6) is 1.96. The topological polar surface area (TPSA) is 43.6 Å². The van der Waals surface area contributed by atoms with Crippen LogP contribution in [-0.4, -0.2) is 19.5 Å². The van der Waals surface area contributed by atoms with E-state index < -0.39 is 0 Å². The van der Waals surface area contributed by atoms with Gasteiger partial charge in [-0.05, 0) is 64.4 Å². The molecule has 0 fully saturated rings. The molecule has 0 aliphatic rings. The molecule has 0 bridgehead atoms. The van der Waals surface area contributed by atoms with E-state index >= 15 is 0 Å². The molecule has 0 aliphatic heterocycles. The Kier molecular flexibility index (Phi) is 7.00. The largest absolute Gasteiger partial charge is 0.309 e. The van der Waals surface area contributed by atoms with Gasteiger partial charge in [-0.1, -0.05) is 140 Å². The number of nitrogens with zero attached hydrogens (tertiary/aromatic N) is 4. The number of aromatic nitrogens is 4. The van der Waals surface area contributed by atoms with E-state index in [-0.39, 0.29) is 0 Å². The minimum Gasteiger partial charge on any atom is -0.309 e. The summed E-state index contributed by atoms with van der Waals surface area (Å²) in [6, 6.07) is 64.6. The first kappa shape index (κ1) is 30.7. The second kappa shape index (κ2) is 12.3. The summed E-state index contributed by atoms with van der Waals surface area (Å²) >= 11 is 1.80. The van der Waals surface area contributed by atoms with Crippen molar-refractivity contribution in [3.63, 3.8) is 0 Å². The maximum Gasteiger partial charge on any atom is 0.164 e. The summed E-state index contributed by atoms with van der Waals surface area (Å²) in [5.41, 5.74) is 8.66. The number of benzene rings is 8. The lowest BCUT2D eigenvalue weighted by molar-refractivity contribution is 1.07. The van der Waals surface area contributed by atoms with Crippen molar-refractivity contribution in [2.75, 3.05) is 0 Å². The van der Waals surface area contributed by atoms with Crippen LogP contribution < -0.4 is 0 Å². The van der Waals surface area contributed by atoms with Crippen LogP contribution in [0.5, 0.6) is 0 Å². The van der Waals surface area contributed by atoms with Gasteiger partial charge in [-0.25, -0.2) is 15.0 Å². The molecule has 11 aromatic rings. The molecule has 0 unspecified atom stereocenters. The first-order valence-corrected chi connectivity index (χ1v) is 18.9. The van der Waals surface area contributed by atoms with Crippen LogP contribution in [-0.2, 0) is 0 Å². The van der Waals surface area contributed by atoms with Crippen molar-refractivity contribution < 1.29 is 0 Å². The maximum absolute atomic E-state index is 5.07. The zero-order valence-electron chi connectivity index (χ0n) is 29.0. The average Bonchev–Trinajstić information content (AvgIpc) is 3.78. The monoisotopic (exact) mass is 706 g/mol. The lowest BCUT2D eigenvalue weighted by Crippen LogP contribution is -2.00. The van der Waals surface area contributed by atoms with E-state index in [2.05, 4.69) is 156 Å². The minimum atomic E-state index is 0.646. The molecule has 0 N–H and O–H groups in total. The molecule has 0 aliphatic carbocycles. The smallest absolute Gasteiger partial charge is 0.164 e. The minimum absolute atomic E-state index is 0.646. The van der Waals surface area contributed by atoms with E-state index in [1.165, 1.54) is 52.8 Å². The van der Waals surface area contributed by atoms with Gasteiger partial charge in [0.05, 0.1) is 11.0 Å². The Morgan fingerprint density at radius 3 is 1.74 bits per heavy atom. The summed E-state index contributed by atoms with van der Waals surface area (Å²) < 4.78 is 4.89. The fourth-order valence-corrected chi connectivity index (χ4v) is 8.93. The van der Waals surface area contributed by atoms with Gasteiger partial charge in [-0.3, -0.25) is 0 Å². The van der Waals surface area contributed by atoms with Crippen LogP contribution in [0.3, 0.4) is 0 Å². The van der Waals surface area contributed by atoms with E-state index in [1.807, 2.05) is 30.3 Å². The Balaban J connectivity index is 0.995. The van der Waals surface area contributed by atoms with Crippen LogP contribution >= 0.6 is 11.3 Å². The highest BCUT2D eigenvalue weighted by molar-refractivity contribution is 7.25. The Bertz CT molecular complexity index is 3210. The molecule has 0 radical (unpaired) electrons. The van der Waals surface area contributed by atoms with Gasteiger partial charge in [0.1, 0.15) is 0 Å². The number of rotatable bonds is 5. The maximum atomic E-state index is 5.07. The zero-order chi connectivity index (χ0) is 35.6. The normalized spacial score (nSPS) is 11.7. The summed E-state index contributed by atoms with van der Waals surface area (Å²) in [6.07, 6.45) is 0. The second-order valence-corrected chi connectivity index (χ2v) is 14.8. The predicted molar refractivity (Wildman–Crippen MR) is 226 cm³/mol. The number of hydrogen-bond acceptors (Lipinski definition) is 4. The van der Waals surface area contributed by atoms with Gasteiger partial charge >= 0.3 is 0 Å². The van der Waals surface area contributed by atoms with E-state index in [9.17, 15) is 0 Å². The van der Waals surface area contributed by atoms with Gasteiger partial charge in [0, 0.05) is 53.3 Å². The molecular weight excluding hydrogens is 677 g/mol. The SMILES string of the molecule is c1ccc(-c2nc(-c3ccc(-c4cccc(-n5c6ccccc6c6cc7ccccc7cc65)c4)cc3)nc(-c3ccc4c(c3)sc3ccccc34)n2)cc1. The van der Waals surface area contributed by atoms with Crippen LogP contribution in [0.4, 0.5) is 0 Å². The quantitative estimate of drug-likeness (QED) is 0.179. The van der Waals surface area contributed by atoms with Crippen LogP contribution in [0.25, 0.3) is 104 Å². The highest BCUT2D eigenvalue weighted by Gasteiger charge is 2.16. The van der Waals surface area contributed by atoms with E-state index in [0.717, 1.165) is 33.5 Å². The molecule has 11 rings (SSSR count). The Morgan fingerprint density at radius 1 is 0.333 bits per heavy atom. The fourth-order valence-electron chi connectivity index (χ4n) is 7.79. The number of fused-ring (bicyclic) bond motifs is 7. The van der Waals surface area contributed by atoms with Crippen LogP contribution in [0.1, 0.15) is 0 Å². The molecule has 0 saturated heterocycles. The molecule has 3 heterocycles. The molecule has 4 nitrogen and oxygen atoms in total. The van der Waals surface area contributed by atoms with Crippen LogP contribution in [0, 0.1) is 0 Å². The van der Waals surface area contributed by atoms with Crippen molar-refractivity contribution in [2.45, 2.75) is 0 Å². The fraction of sp³-hybridized carbons (Fsp3) is 0. The van der Waals surface area contributed by atoms with Crippen molar-refractivity contribution in [1.29, 1.82) is 0 Å². The zero-order valence-corrected chi connectivity index (χ0v) is 29.8. The highest BCUT2D eigenvalue weighted by Crippen LogP contribution is 2.38.